The molecule has 0 aromatic rings. The smallest absolute Gasteiger partial charge is 0.217 e. The molecule has 0 spiro atoms. The first-order valence-corrected chi connectivity index (χ1v) is 4.89. The van der Waals surface area contributed by atoms with Crippen LogP contribution in [0.5, 0.6) is 0 Å². The molecule has 0 aliphatic carbocycles. The Bertz CT molecular complexity index is 172. The van der Waals surface area contributed by atoms with Crippen molar-refractivity contribution < 1.29 is 4.79 Å². The molecule has 1 amide bonds. The zero-order valence-corrected chi connectivity index (χ0v) is 8.25. The molecule has 1 fully saturated rings. The van der Waals surface area contributed by atoms with Crippen molar-refractivity contribution in [2.75, 3.05) is 26.3 Å². The van der Waals surface area contributed by atoms with Gasteiger partial charge in [0.2, 0.25) is 5.91 Å². The number of piperidine rings is 1. The van der Waals surface area contributed by atoms with Crippen LogP contribution in [-0.2, 0) is 4.79 Å². The van der Waals surface area contributed by atoms with Crippen molar-refractivity contribution in [3.05, 3.63) is 0 Å². The molecule has 1 saturated heterocycles. The SMILES string of the molecule is CC(=O)NCN1CCCC(CN)C1. The third-order valence-electron chi connectivity index (χ3n) is 2.49. The lowest BCUT2D eigenvalue weighted by Gasteiger charge is -2.31. The van der Waals surface area contributed by atoms with Crippen molar-refractivity contribution in [3.63, 3.8) is 0 Å². The van der Waals surface area contributed by atoms with E-state index in [9.17, 15) is 4.79 Å². The van der Waals surface area contributed by atoms with Gasteiger partial charge >= 0.3 is 0 Å². The van der Waals surface area contributed by atoms with E-state index in [2.05, 4.69) is 10.2 Å². The van der Waals surface area contributed by atoms with E-state index in [1.807, 2.05) is 0 Å². The predicted octanol–water partition coefficient (Wildman–Crippen LogP) is -0.249. The minimum Gasteiger partial charge on any atom is -0.344 e. The molecular formula is C9H19N3O. The van der Waals surface area contributed by atoms with Gasteiger partial charge < -0.3 is 11.1 Å². The molecule has 4 nitrogen and oxygen atoms in total. The van der Waals surface area contributed by atoms with E-state index in [-0.39, 0.29) is 5.91 Å². The average Bonchev–Trinajstić information content (AvgIpc) is 2.15. The first kappa shape index (κ1) is 10.5. The fraction of sp³-hybridized carbons (Fsp3) is 0.889. The standard InChI is InChI=1S/C9H19N3O/c1-8(13)11-7-12-4-2-3-9(5-10)6-12/h9H,2-7,10H2,1H3,(H,11,13). The van der Waals surface area contributed by atoms with Gasteiger partial charge in [-0.1, -0.05) is 0 Å². The van der Waals surface area contributed by atoms with Gasteiger partial charge in [-0.3, -0.25) is 9.69 Å². The lowest BCUT2D eigenvalue weighted by atomic mass is 9.99. The molecule has 1 aliphatic rings. The summed E-state index contributed by atoms with van der Waals surface area (Å²) in [5, 5.41) is 2.81. The van der Waals surface area contributed by atoms with E-state index < -0.39 is 0 Å². The molecule has 0 radical (unpaired) electrons. The molecule has 1 rings (SSSR count). The van der Waals surface area contributed by atoms with Crippen molar-refractivity contribution in [1.82, 2.24) is 10.2 Å². The third-order valence-corrected chi connectivity index (χ3v) is 2.49. The van der Waals surface area contributed by atoms with Gasteiger partial charge in [-0.15, -0.1) is 0 Å². The fourth-order valence-corrected chi connectivity index (χ4v) is 1.71. The summed E-state index contributed by atoms with van der Waals surface area (Å²) in [7, 11) is 0. The molecule has 13 heavy (non-hydrogen) atoms. The van der Waals surface area contributed by atoms with Gasteiger partial charge in [0.05, 0.1) is 6.67 Å². The van der Waals surface area contributed by atoms with E-state index in [1.54, 1.807) is 6.92 Å². The number of nitrogens with one attached hydrogen (secondary N) is 1. The number of rotatable bonds is 3. The number of nitrogens with two attached hydrogens (primary N) is 1. The summed E-state index contributed by atoms with van der Waals surface area (Å²) in [6.45, 7) is 5.08. The van der Waals surface area contributed by atoms with Gasteiger partial charge in [0.25, 0.3) is 0 Å². The second-order valence-corrected chi connectivity index (χ2v) is 3.71. The summed E-state index contributed by atoms with van der Waals surface area (Å²) >= 11 is 0. The van der Waals surface area contributed by atoms with Crippen LogP contribution in [0.15, 0.2) is 0 Å². The number of hydrogen-bond donors (Lipinski definition) is 2. The molecule has 3 N–H and O–H groups in total. The van der Waals surface area contributed by atoms with Crippen LogP contribution >= 0.6 is 0 Å². The molecule has 1 aliphatic heterocycles. The summed E-state index contributed by atoms with van der Waals surface area (Å²) in [4.78, 5) is 12.9. The molecule has 1 atom stereocenters. The van der Waals surface area contributed by atoms with Crippen molar-refractivity contribution in [3.8, 4) is 0 Å². The number of carbonyl (C=O) groups is 1. The summed E-state index contributed by atoms with van der Waals surface area (Å²) in [6.07, 6.45) is 2.43. The molecule has 1 unspecified atom stereocenters. The highest BCUT2D eigenvalue weighted by Gasteiger charge is 2.17. The number of amides is 1. The van der Waals surface area contributed by atoms with Gasteiger partial charge in [-0.05, 0) is 31.8 Å². The summed E-state index contributed by atoms with van der Waals surface area (Å²) in [5.41, 5.74) is 5.61. The second-order valence-electron chi connectivity index (χ2n) is 3.71. The van der Waals surface area contributed by atoms with Crippen LogP contribution in [0.2, 0.25) is 0 Å². The van der Waals surface area contributed by atoms with Crippen molar-refractivity contribution in [2.24, 2.45) is 11.7 Å². The normalized spacial score (nSPS) is 24.3. The Kier molecular flexibility index (Phi) is 4.18. The van der Waals surface area contributed by atoms with E-state index in [4.69, 9.17) is 5.73 Å². The van der Waals surface area contributed by atoms with Crippen molar-refractivity contribution >= 4 is 5.91 Å². The summed E-state index contributed by atoms with van der Waals surface area (Å²) in [6, 6.07) is 0. The number of nitrogens with zero attached hydrogens (tertiary/aromatic N) is 1. The highest BCUT2D eigenvalue weighted by Crippen LogP contribution is 2.13. The quantitative estimate of drug-likeness (QED) is 0.637. The zero-order chi connectivity index (χ0) is 9.68. The monoisotopic (exact) mass is 185 g/mol. The van der Waals surface area contributed by atoms with Crippen LogP contribution < -0.4 is 11.1 Å². The minimum absolute atomic E-state index is 0.0369. The van der Waals surface area contributed by atoms with Gasteiger partial charge in [0, 0.05) is 13.5 Å². The van der Waals surface area contributed by atoms with Gasteiger partial charge in [0.1, 0.15) is 0 Å². The van der Waals surface area contributed by atoms with E-state index in [0.717, 1.165) is 19.6 Å². The Hall–Kier alpha value is -0.610. The Balaban J connectivity index is 2.21. The van der Waals surface area contributed by atoms with Crippen LogP contribution in [0.3, 0.4) is 0 Å². The Morgan fingerprint density at radius 3 is 3.08 bits per heavy atom. The molecule has 76 valence electrons. The van der Waals surface area contributed by atoms with Crippen LogP contribution in [-0.4, -0.2) is 37.1 Å². The molecule has 0 saturated carbocycles. The van der Waals surface area contributed by atoms with Crippen molar-refractivity contribution in [2.45, 2.75) is 19.8 Å². The van der Waals surface area contributed by atoms with E-state index >= 15 is 0 Å². The maximum absolute atomic E-state index is 10.7. The number of carbonyl (C=O) groups excluding carboxylic acids is 1. The molecule has 4 heteroatoms. The second kappa shape index (κ2) is 5.19. The lowest BCUT2D eigenvalue weighted by Crippen LogP contribution is -2.44. The first-order chi connectivity index (χ1) is 6.22. The lowest BCUT2D eigenvalue weighted by molar-refractivity contribution is -0.119. The number of likely N-dealkylation sites (tertiary alicyclic amines) is 1. The van der Waals surface area contributed by atoms with E-state index in [1.165, 1.54) is 12.8 Å². The molecule has 0 aromatic carbocycles. The Morgan fingerprint density at radius 2 is 2.46 bits per heavy atom. The minimum atomic E-state index is 0.0369. The molecule has 0 bridgehead atoms. The zero-order valence-electron chi connectivity index (χ0n) is 8.25. The summed E-state index contributed by atoms with van der Waals surface area (Å²) < 4.78 is 0. The fourth-order valence-electron chi connectivity index (χ4n) is 1.71. The van der Waals surface area contributed by atoms with Gasteiger partial charge in [-0.2, -0.15) is 0 Å². The van der Waals surface area contributed by atoms with Crippen LogP contribution in [0.4, 0.5) is 0 Å². The summed E-state index contributed by atoms with van der Waals surface area (Å²) in [5.74, 6) is 0.650. The van der Waals surface area contributed by atoms with E-state index in [0.29, 0.717) is 12.6 Å². The predicted molar refractivity (Wildman–Crippen MR) is 52.0 cm³/mol. The van der Waals surface area contributed by atoms with Crippen LogP contribution in [0.25, 0.3) is 0 Å². The number of hydrogen-bond acceptors (Lipinski definition) is 3. The highest BCUT2D eigenvalue weighted by atomic mass is 16.1. The topological polar surface area (TPSA) is 58.4 Å². The van der Waals surface area contributed by atoms with Crippen molar-refractivity contribution in [1.29, 1.82) is 0 Å². The van der Waals surface area contributed by atoms with Gasteiger partial charge in [0.15, 0.2) is 0 Å². The maximum atomic E-state index is 10.7. The maximum Gasteiger partial charge on any atom is 0.217 e. The first-order valence-electron chi connectivity index (χ1n) is 4.89. The molecular weight excluding hydrogens is 166 g/mol. The average molecular weight is 185 g/mol. The third kappa shape index (κ3) is 3.74. The van der Waals surface area contributed by atoms with Crippen LogP contribution in [0, 0.1) is 5.92 Å². The molecule has 0 aromatic heterocycles. The Labute approximate surface area is 79.5 Å². The highest BCUT2D eigenvalue weighted by molar-refractivity contribution is 5.72. The van der Waals surface area contributed by atoms with Crippen LogP contribution in [0.1, 0.15) is 19.8 Å². The largest absolute Gasteiger partial charge is 0.344 e. The molecule has 1 heterocycles. The van der Waals surface area contributed by atoms with Gasteiger partial charge in [-0.25, -0.2) is 0 Å². The Morgan fingerprint density at radius 1 is 1.69 bits per heavy atom.